The number of alkyl halides is 2. The van der Waals surface area contributed by atoms with E-state index in [1.54, 1.807) is 11.0 Å². The van der Waals surface area contributed by atoms with E-state index in [4.69, 9.17) is 0 Å². The molecule has 1 aliphatic heterocycles. The van der Waals surface area contributed by atoms with Crippen molar-refractivity contribution in [1.82, 2.24) is 4.90 Å². The largest absolute Gasteiger partial charge is 0.453 e. The minimum absolute atomic E-state index is 0.229. The molecule has 0 atom stereocenters. The topological polar surface area (TPSA) is 66.9 Å². The van der Waals surface area contributed by atoms with Crippen LogP contribution in [0.2, 0.25) is 0 Å². The van der Waals surface area contributed by atoms with Gasteiger partial charge in [0.1, 0.15) is 0 Å². The van der Waals surface area contributed by atoms with E-state index < -0.39 is 26.6 Å². The fourth-order valence-electron chi connectivity index (χ4n) is 2.31. The first-order chi connectivity index (χ1) is 10.4. The minimum Gasteiger partial charge on any atom is -0.453 e. The number of benzene rings is 1. The molecule has 0 bridgehead atoms. The Morgan fingerprint density at radius 1 is 1.18 bits per heavy atom. The summed E-state index contributed by atoms with van der Waals surface area (Å²) < 4.78 is 53.7. The zero-order chi connectivity index (χ0) is 16.3. The van der Waals surface area contributed by atoms with E-state index in [9.17, 15) is 22.0 Å². The molecule has 1 aromatic rings. The standard InChI is InChI=1S/C13H16F2N2O4S/c1-21-13(18)17-8-6-16(7-9-17)10-4-2-3-5-11(10)22(19,20)12(14)15/h2-5,12H,6-9H2,1H3. The molecule has 122 valence electrons. The molecule has 1 fully saturated rings. The summed E-state index contributed by atoms with van der Waals surface area (Å²) in [6.07, 6.45) is -0.465. The average Bonchev–Trinajstić information content (AvgIpc) is 2.54. The first-order valence-corrected chi connectivity index (χ1v) is 8.11. The van der Waals surface area contributed by atoms with Crippen LogP contribution in [0.25, 0.3) is 0 Å². The summed E-state index contributed by atoms with van der Waals surface area (Å²) in [7, 11) is -3.39. The molecule has 0 aliphatic carbocycles. The molecule has 1 aromatic carbocycles. The number of ether oxygens (including phenoxy) is 1. The van der Waals surface area contributed by atoms with Crippen molar-refractivity contribution in [3.05, 3.63) is 24.3 Å². The molecule has 0 spiro atoms. The van der Waals surface area contributed by atoms with E-state index in [0.29, 0.717) is 26.2 Å². The highest BCUT2D eigenvalue weighted by Crippen LogP contribution is 2.29. The summed E-state index contributed by atoms with van der Waals surface area (Å²) in [6.45, 7) is 1.33. The number of anilines is 1. The van der Waals surface area contributed by atoms with E-state index >= 15 is 0 Å². The lowest BCUT2D eigenvalue weighted by Gasteiger charge is -2.36. The predicted octanol–water partition coefficient (Wildman–Crippen LogP) is 1.57. The van der Waals surface area contributed by atoms with Gasteiger partial charge in [-0.15, -0.1) is 0 Å². The van der Waals surface area contributed by atoms with Crippen molar-refractivity contribution in [2.75, 3.05) is 38.2 Å². The average molecular weight is 334 g/mol. The highest BCUT2D eigenvalue weighted by atomic mass is 32.2. The molecule has 9 heteroatoms. The molecule has 1 saturated heterocycles. The van der Waals surface area contributed by atoms with Crippen molar-refractivity contribution in [3.63, 3.8) is 0 Å². The number of carbonyl (C=O) groups excluding carboxylic acids is 1. The summed E-state index contributed by atoms with van der Waals surface area (Å²) >= 11 is 0. The number of methoxy groups -OCH3 is 1. The van der Waals surface area contributed by atoms with Crippen LogP contribution in [0.5, 0.6) is 0 Å². The van der Waals surface area contributed by atoms with Crippen molar-refractivity contribution in [3.8, 4) is 0 Å². The van der Waals surface area contributed by atoms with Crippen molar-refractivity contribution < 1.29 is 26.7 Å². The van der Waals surface area contributed by atoms with Crippen LogP contribution in [0.3, 0.4) is 0 Å². The van der Waals surface area contributed by atoms with Gasteiger partial charge in [-0.1, -0.05) is 12.1 Å². The summed E-state index contributed by atoms with van der Waals surface area (Å²) in [5.74, 6) is -3.47. The summed E-state index contributed by atoms with van der Waals surface area (Å²) in [5.41, 5.74) is 0.229. The van der Waals surface area contributed by atoms with Crippen LogP contribution in [0.1, 0.15) is 0 Å². The van der Waals surface area contributed by atoms with Gasteiger partial charge in [0.05, 0.1) is 17.7 Å². The molecule has 2 rings (SSSR count). The molecule has 1 heterocycles. The maximum absolute atomic E-state index is 12.8. The lowest BCUT2D eigenvalue weighted by atomic mass is 10.2. The van der Waals surface area contributed by atoms with E-state index in [1.165, 1.54) is 30.2 Å². The highest BCUT2D eigenvalue weighted by Gasteiger charge is 2.31. The quantitative estimate of drug-likeness (QED) is 0.839. The maximum atomic E-state index is 12.8. The van der Waals surface area contributed by atoms with Crippen LogP contribution < -0.4 is 4.90 Å². The molecule has 1 amide bonds. The van der Waals surface area contributed by atoms with E-state index in [2.05, 4.69) is 4.74 Å². The molecule has 0 unspecified atom stereocenters. The Morgan fingerprint density at radius 3 is 2.32 bits per heavy atom. The first kappa shape index (κ1) is 16.5. The first-order valence-electron chi connectivity index (χ1n) is 6.57. The smallest absolute Gasteiger partial charge is 0.409 e. The fraction of sp³-hybridized carbons (Fsp3) is 0.462. The number of hydrogen-bond donors (Lipinski definition) is 0. The lowest BCUT2D eigenvalue weighted by Crippen LogP contribution is -2.49. The second kappa shape index (κ2) is 6.47. The number of carbonyl (C=O) groups is 1. The molecule has 0 aromatic heterocycles. The Kier molecular flexibility index (Phi) is 4.84. The number of nitrogens with zero attached hydrogens (tertiary/aromatic N) is 2. The highest BCUT2D eigenvalue weighted by molar-refractivity contribution is 7.91. The van der Waals surface area contributed by atoms with Crippen LogP contribution in [0.15, 0.2) is 29.2 Å². The molecular weight excluding hydrogens is 318 g/mol. The minimum atomic E-state index is -4.67. The number of sulfone groups is 1. The normalized spacial score (nSPS) is 16.0. The van der Waals surface area contributed by atoms with Crippen molar-refractivity contribution >= 4 is 21.6 Å². The van der Waals surface area contributed by atoms with Gasteiger partial charge >= 0.3 is 11.9 Å². The van der Waals surface area contributed by atoms with Gasteiger partial charge in [-0.2, -0.15) is 8.78 Å². The van der Waals surface area contributed by atoms with Gasteiger partial charge in [-0.05, 0) is 12.1 Å². The molecule has 0 N–H and O–H groups in total. The number of para-hydroxylation sites is 1. The van der Waals surface area contributed by atoms with Crippen LogP contribution >= 0.6 is 0 Å². The Morgan fingerprint density at radius 2 is 1.77 bits per heavy atom. The number of rotatable bonds is 3. The van der Waals surface area contributed by atoms with E-state index in [-0.39, 0.29) is 5.69 Å². The van der Waals surface area contributed by atoms with Crippen molar-refractivity contribution in [1.29, 1.82) is 0 Å². The van der Waals surface area contributed by atoms with Crippen molar-refractivity contribution in [2.45, 2.75) is 10.7 Å². The number of halogens is 2. The predicted molar refractivity (Wildman–Crippen MR) is 75.8 cm³/mol. The Bertz CT molecular complexity index is 643. The third kappa shape index (κ3) is 3.13. The van der Waals surface area contributed by atoms with Gasteiger partial charge in [0.25, 0.3) is 0 Å². The summed E-state index contributed by atoms with van der Waals surface area (Å²) in [6, 6.07) is 5.66. The number of hydrogen-bond acceptors (Lipinski definition) is 5. The fourth-order valence-corrected chi connectivity index (χ4v) is 3.26. The SMILES string of the molecule is COC(=O)N1CCN(c2ccccc2S(=O)(=O)C(F)F)CC1. The number of amides is 1. The van der Waals surface area contributed by atoms with Crippen LogP contribution in [-0.4, -0.2) is 58.5 Å². The molecule has 0 saturated carbocycles. The zero-order valence-electron chi connectivity index (χ0n) is 11.9. The second-order valence-corrected chi connectivity index (χ2v) is 6.60. The van der Waals surface area contributed by atoms with Gasteiger partial charge in [0.2, 0.25) is 9.84 Å². The lowest BCUT2D eigenvalue weighted by molar-refractivity contribution is 0.121. The Balaban J connectivity index is 2.24. The van der Waals surface area contributed by atoms with Gasteiger partial charge in [0.15, 0.2) is 0 Å². The Labute approximate surface area is 127 Å². The zero-order valence-corrected chi connectivity index (χ0v) is 12.7. The molecular formula is C13H16F2N2O4S. The molecule has 0 radical (unpaired) electrons. The van der Waals surface area contributed by atoms with Crippen LogP contribution in [0.4, 0.5) is 19.3 Å². The molecule has 6 nitrogen and oxygen atoms in total. The van der Waals surface area contributed by atoms with E-state index in [0.717, 1.165) is 0 Å². The third-order valence-electron chi connectivity index (χ3n) is 3.46. The monoisotopic (exact) mass is 334 g/mol. The Hall–Kier alpha value is -1.90. The summed E-state index contributed by atoms with van der Waals surface area (Å²) in [5, 5.41) is 0. The molecule has 22 heavy (non-hydrogen) atoms. The third-order valence-corrected chi connectivity index (χ3v) is 4.89. The van der Waals surface area contributed by atoms with Gasteiger partial charge in [-0.3, -0.25) is 0 Å². The maximum Gasteiger partial charge on any atom is 0.409 e. The van der Waals surface area contributed by atoms with E-state index in [1.807, 2.05) is 0 Å². The van der Waals surface area contributed by atoms with Crippen LogP contribution in [0, 0.1) is 0 Å². The van der Waals surface area contributed by atoms with Crippen LogP contribution in [-0.2, 0) is 14.6 Å². The molecule has 1 aliphatic rings. The van der Waals surface area contributed by atoms with Gasteiger partial charge in [-0.25, -0.2) is 13.2 Å². The van der Waals surface area contributed by atoms with Gasteiger partial charge < -0.3 is 14.5 Å². The van der Waals surface area contributed by atoms with Gasteiger partial charge in [0, 0.05) is 26.2 Å². The summed E-state index contributed by atoms with van der Waals surface area (Å²) in [4.78, 5) is 14.2. The second-order valence-electron chi connectivity index (χ2n) is 4.72. The number of piperazine rings is 1. The van der Waals surface area contributed by atoms with Crippen molar-refractivity contribution in [2.24, 2.45) is 0 Å².